The Labute approximate surface area is 166 Å². The van der Waals surface area contributed by atoms with E-state index in [0.717, 1.165) is 23.1 Å². The second-order valence-corrected chi connectivity index (χ2v) is 7.34. The maximum atomic E-state index is 12.4. The molecule has 0 fully saturated rings. The van der Waals surface area contributed by atoms with E-state index in [-0.39, 0.29) is 5.91 Å². The van der Waals surface area contributed by atoms with Crippen LogP contribution in [0.4, 0.5) is 5.69 Å². The third-order valence-corrected chi connectivity index (χ3v) is 5.09. The highest BCUT2D eigenvalue weighted by Crippen LogP contribution is 2.29. The van der Waals surface area contributed by atoms with E-state index in [1.807, 2.05) is 60.7 Å². The number of amides is 1. The van der Waals surface area contributed by atoms with Crippen LogP contribution >= 0.6 is 15.9 Å². The van der Waals surface area contributed by atoms with E-state index in [1.165, 1.54) is 16.8 Å². The van der Waals surface area contributed by atoms with Crippen molar-refractivity contribution in [3.8, 4) is 0 Å². The number of nitrogens with one attached hydrogen (secondary N) is 1. The molecule has 27 heavy (non-hydrogen) atoms. The van der Waals surface area contributed by atoms with Crippen LogP contribution in [0.25, 0.3) is 0 Å². The summed E-state index contributed by atoms with van der Waals surface area (Å²) in [5, 5.41) is 4.04. The first kappa shape index (κ1) is 17.5. The van der Waals surface area contributed by atoms with Gasteiger partial charge in [-0.15, -0.1) is 0 Å². The predicted molar refractivity (Wildman–Crippen MR) is 112 cm³/mol. The summed E-state index contributed by atoms with van der Waals surface area (Å²) in [6, 6.07) is 23.8. The standard InChI is InChI=1S/C22H18BrN3O/c23-20-8-10-21(11-9-20)26-14-18-7-6-17(12-19(18)15-26)22(27)25-24-13-16-4-2-1-3-5-16/h1-13H,14-15H2,(H,25,27)/b24-13+. The zero-order valence-electron chi connectivity index (χ0n) is 14.6. The second-order valence-electron chi connectivity index (χ2n) is 6.43. The molecule has 0 saturated heterocycles. The molecule has 1 N–H and O–H groups in total. The highest BCUT2D eigenvalue weighted by atomic mass is 79.9. The van der Waals surface area contributed by atoms with Gasteiger partial charge in [-0.25, -0.2) is 5.43 Å². The van der Waals surface area contributed by atoms with E-state index < -0.39 is 0 Å². The van der Waals surface area contributed by atoms with Gasteiger partial charge in [0.25, 0.3) is 5.91 Å². The first-order chi connectivity index (χ1) is 13.2. The Bertz CT molecular complexity index is 984. The summed E-state index contributed by atoms with van der Waals surface area (Å²) in [4.78, 5) is 14.7. The van der Waals surface area contributed by atoms with Gasteiger partial charge in [0.1, 0.15) is 0 Å². The Morgan fingerprint density at radius 1 is 0.963 bits per heavy atom. The number of carbonyl (C=O) groups is 1. The van der Waals surface area contributed by atoms with Crippen molar-refractivity contribution in [2.75, 3.05) is 4.90 Å². The lowest BCUT2D eigenvalue weighted by atomic mass is 10.1. The van der Waals surface area contributed by atoms with Crippen molar-refractivity contribution in [1.29, 1.82) is 0 Å². The molecule has 1 aliphatic rings. The SMILES string of the molecule is O=C(N/N=C/c1ccccc1)c1ccc2c(c1)CN(c1ccc(Br)cc1)C2. The molecule has 3 aromatic rings. The van der Waals surface area contributed by atoms with E-state index in [4.69, 9.17) is 0 Å². The van der Waals surface area contributed by atoms with Gasteiger partial charge >= 0.3 is 0 Å². The van der Waals surface area contributed by atoms with Gasteiger partial charge in [-0.2, -0.15) is 5.10 Å². The van der Waals surface area contributed by atoms with Gasteiger partial charge in [0.2, 0.25) is 0 Å². The molecule has 1 aliphatic heterocycles. The number of hydrogen-bond acceptors (Lipinski definition) is 3. The van der Waals surface area contributed by atoms with Crippen molar-refractivity contribution in [2.24, 2.45) is 5.10 Å². The van der Waals surface area contributed by atoms with Crippen molar-refractivity contribution in [2.45, 2.75) is 13.1 Å². The first-order valence-corrected chi connectivity index (χ1v) is 9.49. The maximum Gasteiger partial charge on any atom is 0.271 e. The maximum absolute atomic E-state index is 12.4. The quantitative estimate of drug-likeness (QED) is 0.490. The molecular weight excluding hydrogens is 402 g/mol. The summed E-state index contributed by atoms with van der Waals surface area (Å²) < 4.78 is 1.07. The number of nitrogens with zero attached hydrogens (tertiary/aromatic N) is 2. The average Bonchev–Trinajstić information content (AvgIpc) is 3.12. The molecule has 4 rings (SSSR count). The van der Waals surface area contributed by atoms with Crippen LogP contribution in [-0.2, 0) is 13.1 Å². The van der Waals surface area contributed by atoms with Gasteiger partial charge < -0.3 is 4.90 Å². The average molecular weight is 420 g/mol. The van der Waals surface area contributed by atoms with E-state index in [9.17, 15) is 4.79 Å². The highest BCUT2D eigenvalue weighted by Gasteiger charge is 2.20. The van der Waals surface area contributed by atoms with Crippen LogP contribution < -0.4 is 10.3 Å². The largest absolute Gasteiger partial charge is 0.363 e. The molecule has 0 unspecified atom stereocenters. The lowest BCUT2D eigenvalue weighted by Crippen LogP contribution is -2.17. The van der Waals surface area contributed by atoms with Crippen LogP contribution in [0.2, 0.25) is 0 Å². The normalized spacial score (nSPS) is 13.0. The topological polar surface area (TPSA) is 44.7 Å². The van der Waals surface area contributed by atoms with E-state index in [1.54, 1.807) is 6.21 Å². The lowest BCUT2D eigenvalue weighted by molar-refractivity contribution is 0.0955. The molecular formula is C22H18BrN3O. The molecule has 0 saturated carbocycles. The first-order valence-electron chi connectivity index (χ1n) is 8.70. The second kappa shape index (κ2) is 7.76. The lowest BCUT2D eigenvalue weighted by Gasteiger charge is -2.17. The Kier molecular flexibility index (Phi) is 5.03. The zero-order valence-corrected chi connectivity index (χ0v) is 16.2. The van der Waals surface area contributed by atoms with Crippen LogP contribution in [0.3, 0.4) is 0 Å². The molecule has 134 valence electrons. The van der Waals surface area contributed by atoms with Crippen molar-refractivity contribution in [3.05, 3.63) is 99.5 Å². The van der Waals surface area contributed by atoms with Crippen molar-refractivity contribution >= 4 is 33.7 Å². The van der Waals surface area contributed by atoms with E-state index in [0.29, 0.717) is 5.56 Å². The minimum Gasteiger partial charge on any atom is -0.363 e. The molecule has 5 heteroatoms. The molecule has 0 radical (unpaired) electrons. The molecule has 3 aromatic carbocycles. The number of carbonyl (C=O) groups excluding carboxylic acids is 1. The summed E-state index contributed by atoms with van der Waals surface area (Å²) in [6.07, 6.45) is 1.64. The monoisotopic (exact) mass is 419 g/mol. The minimum absolute atomic E-state index is 0.202. The van der Waals surface area contributed by atoms with Gasteiger partial charge in [0.05, 0.1) is 6.21 Å². The molecule has 1 heterocycles. The summed E-state index contributed by atoms with van der Waals surface area (Å²) in [5.41, 5.74) is 7.77. The molecule has 4 nitrogen and oxygen atoms in total. The van der Waals surface area contributed by atoms with Crippen LogP contribution in [0, 0.1) is 0 Å². The number of fused-ring (bicyclic) bond motifs is 1. The van der Waals surface area contributed by atoms with Crippen molar-refractivity contribution in [1.82, 2.24) is 5.43 Å². The van der Waals surface area contributed by atoms with Gasteiger partial charge in [-0.05, 0) is 53.1 Å². The van der Waals surface area contributed by atoms with E-state index >= 15 is 0 Å². The Balaban J connectivity index is 1.43. The molecule has 1 amide bonds. The number of hydrogen-bond donors (Lipinski definition) is 1. The van der Waals surface area contributed by atoms with Crippen LogP contribution in [0.15, 0.2) is 82.4 Å². The molecule has 0 spiro atoms. The number of halogens is 1. The van der Waals surface area contributed by atoms with Gasteiger partial charge in [0.15, 0.2) is 0 Å². The third kappa shape index (κ3) is 4.09. The molecule has 0 atom stereocenters. The molecule has 0 bridgehead atoms. The smallest absolute Gasteiger partial charge is 0.271 e. The highest BCUT2D eigenvalue weighted by molar-refractivity contribution is 9.10. The van der Waals surface area contributed by atoms with E-state index in [2.05, 4.69) is 43.5 Å². The Morgan fingerprint density at radius 3 is 2.48 bits per heavy atom. The summed E-state index contributed by atoms with van der Waals surface area (Å²) in [5.74, 6) is -0.202. The Morgan fingerprint density at radius 2 is 1.70 bits per heavy atom. The molecule has 0 aliphatic carbocycles. The fraction of sp³-hybridized carbons (Fsp3) is 0.0909. The van der Waals surface area contributed by atoms with Crippen LogP contribution in [0.1, 0.15) is 27.0 Å². The minimum atomic E-state index is -0.202. The van der Waals surface area contributed by atoms with Gasteiger partial charge in [-0.1, -0.05) is 52.3 Å². The van der Waals surface area contributed by atoms with Gasteiger partial charge in [-0.3, -0.25) is 4.79 Å². The predicted octanol–water partition coefficient (Wildman–Crippen LogP) is 4.73. The number of rotatable bonds is 4. The van der Waals surface area contributed by atoms with Crippen LogP contribution in [0.5, 0.6) is 0 Å². The Hall–Kier alpha value is -2.92. The van der Waals surface area contributed by atoms with Gasteiger partial charge in [0, 0.05) is 28.8 Å². The van der Waals surface area contributed by atoms with Crippen molar-refractivity contribution < 1.29 is 4.79 Å². The molecule has 0 aromatic heterocycles. The van der Waals surface area contributed by atoms with Crippen LogP contribution in [-0.4, -0.2) is 12.1 Å². The number of hydrazone groups is 1. The third-order valence-electron chi connectivity index (χ3n) is 4.56. The fourth-order valence-electron chi connectivity index (χ4n) is 3.14. The summed E-state index contributed by atoms with van der Waals surface area (Å²) in [7, 11) is 0. The fourth-order valence-corrected chi connectivity index (χ4v) is 3.40. The number of benzene rings is 3. The summed E-state index contributed by atoms with van der Waals surface area (Å²) in [6.45, 7) is 1.65. The summed E-state index contributed by atoms with van der Waals surface area (Å²) >= 11 is 3.47. The van der Waals surface area contributed by atoms with Crippen molar-refractivity contribution in [3.63, 3.8) is 0 Å². The number of anilines is 1. The zero-order chi connectivity index (χ0) is 18.6.